The van der Waals surface area contributed by atoms with Crippen molar-refractivity contribution in [2.24, 2.45) is 5.73 Å². The van der Waals surface area contributed by atoms with Gasteiger partial charge < -0.3 is 15.6 Å². The number of alkyl halides is 3. The first-order valence-corrected chi connectivity index (χ1v) is 5.45. The van der Waals surface area contributed by atoms with Gasteiger partial charge in [-0.15, -0.1) is 0 Å². The van der Waals surface area contributed by atoms with Crippen molar-refractivity contribution in [3.63, 3.8) is 0 Å². The molecule has 1 atom stereocenters. The molecule has 0 amide bonds. The normalized spacial score (nSPS) is 15.1. The highest BCUT2D eigenvalue weighted by Crippen LogP contribution is 2.37. The fourth-order valence-corrected chi connectivity index (χ4v) is 1.48. The van der Waals surface area contributed by atoms with E-state index >= 15 is 0 Å². The average molecular weight is 277 g/mol. The van der Waals surface area contributed by atoms with Gasteiger partial charge in [-0.1, -0.05) is 12.1 Å². The molecule has 0 saturated carbocycles. The van der Waals surface area contributed by atoms with Crippen LogP contribution < -0.4 is 10.5 Å². The van der Waals surface area contributed by atoms with E-state index in [-0.39, 0.29) is 6.10 Å². The molecule has 0 radical (unpaired) electrons. The monoisotopic (exact) mass is 277 g/mol. The van der Waals surface area contributed by atoms with Gasteiger partial charge in [0.25, 0.3) is 0 Å². The molecular weight excluding hydrogens is 263 g/mol. The first-order chi connectivity index (χ1) is 8.59. The maximum atomic E-state index is 12.8. The second-order valence-corrected chi connectivity index (χ2v) is 4.30. The standard InChI is InChI=1S/C12H14F3NO3/c1-7(2)19-9-5-3-8(4-6-9)11(16,10(17)18)12(13,14)15/h3-7H,16H2,1-2H3,(H,17,18). The smallest absolute Gasteiger partial charge is 0.421 e. The van der Waals surface area contributed by atoms with Crippen molar-refractivity contribution in [2.75, 3.05) is 0 Å². The SMILES string of the molecule is CC(C)Oc1ccc(C(N)(C(=O)O)C(F)(F)F)cc1. The molecule has 4 nitrogen and oxygen atoms in total. The number of nitrogens with two attached hydrogens (primary N) is 1. The Labute approximate surface area is 108 Å². The number of hydrogen-bond donors (Lipinski definition) is 2. The van der Waals surface area contributed by atoms with E-state index in [1.165, 1.54) is 12.1 Å². The number of halogens is 3. The van der Waals surface area contributed by atoms with Crippen molar-refractivity contribution in [3.05, 3.63) is 29.8 Å². The van der Waals surface area contributed by atoms with Crippen LogP contribution in [0.2, 0.25) is 0 Å². The van der Waals surface area contributed by atoms with Gasteiger partial charge in [0.05, 0.1) is 6.10 Å². The number of rotatable bonds is 4. The lowest BCUT2D eigenvalue weighted by Gasteiger charge is -2.27. The summed E-state index contributed by atoms with van der Waals surface area (Å²) in [5.74, 6) is -1.81. The minimum atomic E-state index is -5.10. The van der Waals surface area contributed by atoms with E-state index in [1.807, 2.05) is 0 Å². The molecule has 0 aliphatic rings. The number of carboxylic acid groups (broad SMARTS) is 1. The topological polar surface area (TPSA) is 72.5 Å². The van der Waals surface area contributed by atoms with Crippen LogP contribution in [-0.4, -0.2) is 23.4 Å². The van der Waals surface area contributed by atoms with Crippen molar-refractivity contribution in [2.45, 2.75) is 31.7 Å². The average Bonchev–Trinajstić information content (AvgIpc) is 2.26. The second-order valence-electron chi connectivity index (χ2n) is 4.30. The summed E-state index contributed by atoms with van der Waals surface area (Å²) in [6.45, 7) is 3.52. The van der Waals surface area contributed by atoms with Gasteiger partial charge in [-0.25, -0.2) is 4.79 Å². The molecule has 3 N–H and O–H groups in total. The molecule has 1 rings (SSSR count). The minimum Gasteiger partial charge on any atom is -0.491 e. The number of ether oxygens (including phenoxy) is 1. The molecule has 7 heteroatoms. The first kappa shape index (κ1) is 15.3. The number of carboxylic acids is 1. The van der Waals surface area contributed by atoms with E-state index in [0.29, 0.717) is 5.75 Å². The summed E-state index contributed by atoms with van der Waals surface area (Å²) < 4.78 is 43.7. The van der Waals surface area contributed by atoms with Crippen LogP contribution in [0.4, 0.5) is 13.2 Å². The van der Waals surface area contributed by atoms with Crippen LogP contribution in [0.3, 0.4) is 0 Å². The molecule has 0 aromatic heterocycles. The molecule has 0 bridgehead atoms. The Morgan fingerprint density at radius 3 is 2.05 bits per heavy atom. The van der Waals surface area contributed by atoms with Crippen molar-refractivity contribution in [1.29, 1.82) is 0 Å². The number of aliphatic carboxylic acids is 1. The Kier molecular flexibility index (Phi) is 4.09. The van der Waals surface area contributed by atoms with E-state index in [0.717, 1.165) is 12.1 Å². The van der Waals surface area contributed by atoms with Crippen LogP contribution in [0.5, 0.6) is 5.75 Å². The highest BCUT2D eigenvalue weighted by atomic mass is 19.4. The lowest BCUT2D eigenvalue weighted by atomic mass is 9.90. The number of carbonyl (C=O) groups is 1. The molecule has 0 saturated heterocycles. The molecule has 0 fully saturated rings. The quantitative estimate of drug-likeness (QED) is 0.885. The Morgan fingerprint density at radius 1 is 1.26 bits per heavy atom. The molecule has 1 aromatic rings. The molecule has 1 aromatic carbocycles. The second kappa shape index (κ2) is 5.08. The van der Waals surface area contributed by atoms with Gasteiger partial charge in [0.1, 0.15) is 5.75 Å². The van der Waals surface area contributed by atoms with Gasteiger partial charge in [0.15, 0.2) is 0 Å². The summed E-state index contributed by atoms with van der Waals surface area (Å²) in [5.41, 5.74) is 1.05. The third-order valence-electron chi connectivity index (χ3n) is 2.47. The van der Waals surface area contributed by atoms with Crippen molar-refractivity contribution in [1.82, 2.24) is 0 Å². The van der Waals surface area contributed by atoms with Crippen molar-refractivity contribution < 1.29 is 27.8 Å². The predicted octanol–water partition coefficient (Wildman–Crippen LogP) is 2.27. The lowest BCUT2D eigenvalue weighted by molar-refractivity contribution is -0.204. The van der Waals surface area contributed by atoms with Gasteiger partial charge in [0, 0.05) is 0 Å². The first-order valence-electron chi connectivity index (χ1n) is 5.45. The molecule has 0 aliphatic heterocycles. The maximum Gasteiger partial charge on any atom is 0.421 e. The summed E-state index contributed by atoms with van der Waals surface area (Å²) in [6, 6.07) is 4.51. The van der Waals surface area contributed by atoms with Gasteiger partial charge in [-0.3, -0.25) is 0 Å². The van der Waals surface area contributed by atoms with Gasteiger partial charge in [-0.2, -0.15) is 13.2 Å². The fourth-order valence-electron chi connectivity index (χ4n) is 1.48. The third-order valence-corrected chi connectivity index (χ3v) is 2.47. The maximum absolute atomic E-state index is 12.8. The fraction of sp³-hybridized carbons (Fsp3) is 0.417. The van der Waals surface area contributed by atoms with Crippen LogP contribution in [0.1, 0.15) is 19.4 Å². The molecule has 1 unspecified atom stereocenters. The number of benzene rings is 1. The Balaban J connectivity index is 3.16. The Hall–Kier alpha value is -1.76. The Morgan fingerprint density at radius 2 is 1.74 bits per heavy atom. The molecule has 19 heavy (non-hydrogen) atoms. The summed E-state index contributed by atoms with van der Waals surface area (Å²) in [7, 11) is 0. The van der Waals surface area contributed by atoms with Gasteiger partial charge in [-0.05, 0) is 31.5 Å². The Bertz CT molecular complexity index is 456. The summed E-state index contributed by atoms with van der Waals surface area (Å²) in [5, 5.41) is 8.76. The molecule has 0 spiro atoms. The van der Waals surface area contributed by atoms with Crippen LogP contribution in [0, 0.1) is 0 Å². The van der Waals surface area contributed by atoms with Crippen LogP contribution in [0.25, 0.3) is 0 Å². The van der Waals surface area contributed by atoms with Crippen molar-refractivity contribution in [3.8, 4) is 5.75 Å². The van der Waals surface area contributed by atoms with Crippen LogP contribution in [-0.2, 0) is 10.3 Å². The van der Waals surface area contributed by atoms with Crippen LogP contribution >= 0.6 is 0 Å². The zero-order valence-electron chi connectivity index (χ0n) is 10.4. The molecular formula is C12H14F3NO3. The highest BCUT2D eigenvalue weighted by molar-refractivity contribution is 5.81. The van der Waals surface area contributed by atoms with E-state index < -0.39 is 23.2 Å². The van der Waals surface area contributed by atoms with Crippen molar-refractivity contribution >= 4 is 5.97 Å². The molecule has 106 valence electrons. The molecule has 0 heterocycles. The lowest BCUT2D eigenvalue weighted by Crippen LogP contribution is -2.56. The minimum absolute atomic E-state index is 0.143. The zero-order valence-corrected chi connectivity index (χ0v) is 10.4. The summed E-state index contributed by atoms with van der Waals surface area (Å²) in [6.07, 6.45) is -5.24. The highest BCUT2D eigenvalue weighted by Gasteiger charge is 2.59. The summed E-state index contributed by atoms with van der Waals surface area (Å²) in [4.78, 5) is 10.9. The van der Waals surface area contributed by atoms with Gasteiger partial charge >= 0.3 is 12.1 Å². The molecule has 0 aliphatic carbocycles. The predicted molar refractivity (Wildman–Crippen MR) is 61.8 cm³/mol. The van der Waals surface area contributed by atoms with E-state index in [9.17, 15) is 18.0 Å². The van der Waals surface area contributed by atoms with E-state index in [2.05, 4.69) is 0 Å². The zero-order chi connectivity index (χ0) is 14.8. The van der Waals surface area contributed by atoms with Crippen LogP contribution in [0.15, 0.2) is 24.3 Å². The third kappa shape index (κ3) is 2.98. The number of hydrogen-bond acceptors (Lipinski definition) is 3. The van der Waals surface area contributed by atoms with Gasteiger partial charge in [0.2, 0.25) is 5.54 Å². The largest absolute Gasteiger partial charge is 0.491 e. The van der Waals surface area contributed by atoms with E-state index in [1.54, 1.807) is 13.8 Å². The summed E-state index contributed by atoms with van der Waals surface area (Å²) >= 11 is 0. The van der Waals surface area contributed by atoms with E-state index in [4.69, 9.17) is 15.6 Å².